The van der Waals surface area contributed by atoms with Crippen LogP contribution in [-0.2, 0) is 4.74 Å². The Labute approximate surface area is 149 Å². The van der Waals surface area contributed by atoms with Crippen molar-refractivity contribution in [3.8, 4) is 5.75 Å². The fraction of sp³-hybridized carbons (Fsp3) is 0.474. The lowest BCUT2D eigenvalue weighted by atomic mass is 10.1. The van der Waals surface area contributed by atoms with Gasteiger partial charge in [-0.1, -0.05) is 30.3 Å². The average Bonchev–Trinajstić information content (AvgIpc) is 2.52. The molecule has 1 fully saturated rings. The first-order chi connectivity index (χ1) is 11.1. The molecule has 3 unspecified atom stereocenters. The van der Waals surface area contributed by atoms with Crippen LogP contribution in [0.25, 0.3) is 10.8 Å². The van der Waals surface area contributed by atoms with Gasteiger partial charge in [-0.05, 0) is 36.8 Å². The van der Waals surface area contributed by atoms with Crippen molar-refractivity contribution >= 4 is 23.2 Å². The molecule has 1 aliphatic rings. The zero-order valence-electron chi connectivity index (χ0n) is 14.2. The highest BCUT2D eigenvalue weighted by Crippen LogP contribution is 2.20. The van der Waals surface area contributed by atoms with E-state index in [0.717, 1.165) is 24.2 Å². The summed E-state index contributed by atoms with van der Waals surface area (Å²) in [7, 11) is 0. The molecule has 3 atom stereocenters. The summed E-state index contributed by atoms with van der Waals surface area (Å²) in [4.78, 5) is 2.24. The summed E-state index contributed by atoms with van der Waals surface area (Å²) in [5, 5.41) is 12.6. The molecule has 132 valence electrons. The molecule has 3 rings (SSSR count). The van der Waals surface area contributed by atoms with E-state index in [1.165, 1.54) is 5.39 Å². The first kappa shape index (κ1) is 19.0. The normalized spacial score (nSPS) is 22.8. The maximum Gasteiger partial charge on any atom is 0.120 e. The van der Waals surface area contributed by atoms with Crippen molar-refractivity contribution in [2.24, 2.45) is 0 Å². The second kappa shape index (κ2) is 8.67. The Hall–Kier alpha value is -1.33. The molecule has 2 aromatic rings. The third-order valence-electron chi connectivity index (χ3n) is 4.13. The number of benzene rings is 2. The van der Waals surface area contributed by atoms with Crippen molar-refractivity contribution in [3.05, 3.63) is 42.5 Å². The highest BCUT2D eigenvalue weighted by molar-refractivity contribution is 5.85. The van der Waals surface area contributed by atoms with E-state index in [2.05, 4.69) is 30.9 Å². The molecule has 24 heavy (non-hydrogen) atoms. The minimum Gasteiger partial charge on any atom is -0.491 e. The molecule has 0 radical (unpaired) electrons. The van der Waals surface area contributed by atoms with Crippen molar-refractivity contribution in [2.45, 2.75) is 32.2 Å². The number of nitrogens with zero attached hydrogens (tertiary/aromatic N) is 1. The van der Waals surface area contributed by atoms with Gasteiger partial charge in [0.05, 0.1) is 12.2 Å². The highest BCUT2D eigenvalue weighted by atomic mass is 35.5. The van der Waals surface area contributed by atoms with Crippen LogP contribution in [0.15, 0.2) is 42.5 Å². The summed E-state index contributed by atoms with van der Waals surface area (Å²) in [6.07, 6.45) is -0.0707. The lowest BCUT2D eigenvalue weighted by Gasteiger charge is -2.36. The fourth-order valence-corrected chi connectivity index (χ4v) is 3.23. The van der Waals surface area contributed by atoms with Crippen molar-refractivity contribution < 1.29 is 14.6 Å². The van der Waals surface area contributed by atoms with Gasteiger partial charge >= 0.3 is 0 Å². The van der Waals surface area contributed by atoms with Crippen LogP contribution in [0.2, 0.25) is 0 Å². The number of fused-ring (bicyclic) bond motifs is 1. The first-order valence-electron chi connectivity index (χ1n) is 8.27. The number of aliphatic hydroxyl groups excluding tert-OH is 1. The zero-order chi connectivity index (χ0) is 16.2. The Bertz CT molecular complexity index is 641. The van der Waals surface area contributed by atoms with Gasteiger partial charge in [0.25, 0.3) is 0 Å². The maximum atomic E-state index is 10.2. The molecule has 5 heteroatoms. The van der Waals surface area contributed by atoms with Gasteiger partial charge in [-0.2, -0.15) is 0 Å². The number of halogens is 1. The lowest BCUT2D eigenvalue weighted by Crippen LogP contribution is -2.48. The highest BCUT2D eigenvalue weighted by Gasteiger charge is 2.23. The quantitative estimate of drug-likeness (QED) is 0.898. The molecule has 2 aromatic carbocycles. The van der Waals surface area contributed by atoms with Crippen molar-refractivity contribution in [2.75, 3.05) is 26.2 Å². The number of β-amino-alcohol motifs (C(OH)–C–C–N with tert-alkyl or cyclic N) is 1. The Morgan fingerprint density at radius 1 is 1.12 bits per heavy atom. The van der Waals surface area contributed by atoms with E-state index in [1.54, 1.807) is 0 Å². The van der Waals surface area contributed by atoms with Crippen LogP contribution in [0.5, 0.6) is 5.75 Å². The standard InChI is InChI=1S/C19H25NO3.ClH/c1-14-10-20(11-15(2)23-14)12-18(21)13-22-19-8-7-16-5-3-4-6-17(16)9-19;/h3-9,14-15,18,21H,10-13H2,1-2H3;1H. The molecule has 1 aliphatic heterocycles. The summed E-state index contributed by atoms with van der Waals surface area (Å²) in [6.45, 7) is 6.78. The molecular weight excluding hydrogens is 326 g/mol. The molecular formula is C19H26ClNO3. The summed E-state index contributed by atoms with van der Waals surface area (Å²) >= 11 is 0. The van der Waals surface area contributed by atoms with E-state index >= 15 is 0 Å². The Morgan fingerprint density at radius 2 is 1.79 bits per heavy atom. The van der Waals surface area contributed by atoms with E-state index in [4.69, 9.17) is 9.47 Å². The maximum absolute atomic E-state index is 10.2. The molecule has 1 saturated heterocycles. The van der Waals surface area contributed by atoms with E-state index in [1.807, 2.05) is 30.3 Å². The number of ether oxygens (including phenoxy) is 2. The van der Waals surface area contributed by atoms with E-state index in [-0.39, 0.29) is 24.6 Å². The van der Waals surface area contributed by atoms with Gasteiger partial charge in [0.15, 0.2) is 0 Å². The Balaban J connectivity index is 0.00000208. The minimum atomic E-state index is -0.501. The van der Waals surface area contributed by atoms with Crippen LogP contribution in [0.1, 0.15) is 13.8 Å². The SMILES string of the molecule is CC1CN(CC(O)COc2ccc3ccccc3c2)CC(C)O1.Cl. The van der Waals surface area contributed by atoms with E-state index in [9.17, 15) is 5.11 Å². The zero-order valence-corrected chi connectivity index (χ0v) is 15.0. The fourth-order valence-electron chi connectivity index (χ4n) is 3.23. The summed E-state index contributed by atoms with van der Waals surface area (Å²) in [5.41, 5.74) is 0. The molecule has 0 bridgehead atoms. The molecule has 0 spiro atoms. The van der Waals surface area contributed by atoms with Gasteiger partial charge in [-0.15, -0.1) is 12.4 Å². The monoisotopic (exact) mass is 351 g/mol. The molecule has 0 saturated carbocycles. The summed E-state index contributed by atoms with van der Waals surface area (Å²) in [5.74, 6) is 0.798. The Kier molecular flexibility index (Phi) is 6.87. The van der Waals surface area contributed by atoms with Crippen LogP contribution >= 0.6 is 12.4 Å². The average molecular weight is 352 g/mol. The molecule has 0 aliphatic carbocycles. The largest absolute Gasteiger partial charge is 0.491 e. The van der Waals surface area contributed by atoms with Crippen LogP contribution in [0, 0.1) is 0 Å². The number of hydrogen-bond donors (Lipinski definition) is 1. The molecule has 1 heterocycles. The lowest BCUT2D eigenvalue weighted by molar-refractivity contribution is -0.0786. The number of aliphatic hydroxyl groups is 1. The van der Waals surface area contributed by atoms with Crippen LogP contribution in [0.3, 0.4) is 0 Å². The second-order valence-corrected chi connectivity index (χ2v) is 6.45. The van der Waals surface area contributed by atoms with Crippen molar-refractivity contribution in [3.63, 3.8) is 0 Å². The third-order valence-corrected chi connectivity index (χ3v) is 4.13. The topological polar surface area (TPSA) is 41.9 Å². The van der Waals surface area contributed by atoms with Gasteiger partial charge in [0, 0.05) is 19.6 Å². The molecule has 1 N–H and O–H groups in total. The third kappa shape index (κ3) is 5.08. The summed E-state index contributed by atoms with van der Waals surface area (Å²) in [6, 6.07) is 14.2. The number of rotatable bonds is 5. The first-order valence-corrected chi connectivity index (χ1v) is 8.27. The van der Waals surface area contributed by atoms with Gasteiger partial charge < -0.3 is 14.6 Å². The van der Waals surface area contributed by atoms with Crippen molar-refractivity contribution in [1.29, 1.82) is 0 Å². The van der Waals surface area contributed by atoms with Crippen molar-refractivity contribution in [1.82, 2.24) is 4.90 Å². The van der Waals surface area contributed by atoms with Crippen LogP contribution < -0.4 is 4.74 Å². The van der Waals surface area contributed by atoms with Gasteiger partial charge in [0.2, 0.25) is 0 Å². The Morgan fingerprint density at radius 3 is 2.50 bits per heavy atom. The smallest absolute Gasteiger partial charge is 0.120 e. The van der Waals surface area contributed by atoms with E-state index in [0.29, 0.717) is 13.2 Å². The molecule has 0 aromatic heterocycles. The van der Waals surface area contributed by atoms with Gasteiger partial charge in [-0.3, -0.25) is 4.90 Å². The predicted molar refractivity (Wildman–Crippen MR) is 99.1 cm³/mol. The molecule has 0 amide bonds. The van der Waals surface area contributed by atoms with E-state index < -0.39 is 6.10 Å². The minimum absolute atomic E-state index is 0. The van der Waals surface area contributed by atoms with Gasteiger partial charge in [-0.25, -0.2) is 0 Å². The van der Waals surface area contributed by atoms with Gasteiger partial charge in [0.1, 0.15) is 18.5 Å². The predicted octanol–water partition coefficient (Wildman–Crippen LogP) is 3.11. The molecule has 4 nitrogen and oxygen atoms in total. The second-order valence-electron chi connectivity index (χ2n) is 6.45. The van der Waals surface area contributed by atoms with Crippen LogP contribution in [-0.4, -0.2) is 54.6 Å². The summed E-state index contributed by atoms with van der Waals surface area (Å²) < 4.78 is 11.5. The number of hydrogen-bond acceptors (Lipinski definition) is 4. The van der Waals surface area contributed by atoms with Crippen LogP contribution in [0.4, 0.5) is 0 Å². The number of morpholine rings is 1.